The van der Waals surface area contributed by atoms with Crippen LogP contribution in [0.3, 0.4) is 0 Å². The van der Waals surface area contributed by atoms with E-state index in [4.69, 9.17) is 21.1 Å². The van der Waals surface area contributed by atoms with Crippen LogP contribution < -0.4 is 5.32 Å². The highest BCUT2D eigenvalue weighted by molar-refractivity contribution is 6.30. The predicted octanol–water partition coefficient (Wildman–Crippen LogP) is 3.01. The Morgan fingerprint density at radius 2 is 1.91 bits per heavy atom. The van der Waals surface area contributed by atoms with Gasteiger partial charge in [-0.1, -0.05) is 36.6 Å². The molecule has 1 aromatic carbocycles. The molecule has 0 spiro atoms. The van der Waals surface area contributed by atoms with Gasteiger partial charge in [0.2, 0.25) is 5.91 Å². The zero-order valence-corrected chi connectivity index (χ0v) is 19.9. The van der Waals surface area contributed by atoms with Crippen LogP contribution in [0.4, 0.5) is 0 Å². The van der Waals surface area contributed by atoms with Crippen LogP contribution in [-0.4, -0.2) is 65.2 Å². The van der Waals surface area contributed by atoms with Crippen molar-refractivity contribution in [2.24, 2.45) is 5.92 Å². The summed E-state index contributed by atoms with van der Waals surface area (Å²) in [4.78, 5) is 39.3. The van der Waals surface area contributed by atoms with E-state index in [1.165, 1.54) is 0 Å². The number of benzene rings is 1. The molecule has 1 aliphatic carbocycles. The number of nitrogens with one attached hydrogen (secondary N) is 1. The van der Waals surface area contributed by atoms with E-state index in [1.807, 2.05) is 12.1 Å². The Bertz CT molecular complexity index is 833. The Morgan fingerprint density at radius 1 is 1.21 bits per heavy atom. The summed E-state index contributed by atoms with van der Waals surface area (Å²) >= 11 is 5.90. The number of amides is 1. The first-order valence-electron chi connectivity index (χ1n) is 11.6. The second-order valence-electron chi connectivity index (χ2n) is 8.78. The zero-order valence-electron chi connectivity index (χ0n) is 19.2. The van der Waals surface area contributed by atoms with Crippen molar-refractivity contribution in [1.82, 2.24) is 10.2 Å². The van der Waals surface area contributed by atoms with Gasteiger partial charge in [0, 0.05) is 11.1 Å². The highest BCUT2D eigenvalue weighted by Gasteiger charge is 2.48. The summed E-state index contributed by atoms with van der Waals surface area (Å²) in [5.74, 6) is -1.57. The van der Waals surface area contributed by atoms with Crippen molar-refractivity contribution < 1.29 is 29.0 Å². The van der Waals surface area contributed by atoms with Gasteiger partial charge in [0.25, 0.3) is 0 Å². The van der Waals surface area contributed by atoms with Crippen molar-refractivity contribution in [3.05, 3.63) is 34.9 Å². The Kier molecular flexibility index (Phi) is 9.11. The van der Waals surface area contributed by atoms with E-state index in [1.54, 1.807) is 30.9 Å². The van der Waals surface area contributed by atoms with Crippen LogP contribution in [0.5, 0.6) is 0 Å². The molecule has 2 N–H and O–H groups in total. The van der Waals surface area contributed by atoms with Crippen molar-refractivity contribution in [3.63, 3.8) is 0 Å². The maximum atomic E-state index is 13.4. The topological polar surface area (TPSA) is 105 Å². The molecule has 9 heteroatoms. The maximum Gasteiger partial charge on any atom is 0.326 e. The van der Waals surface area contributed by atoms with Gasteiger partial charge in [0.05, 0.1) is 25.9 Å². The van der Waals surface area contributed by atoms with Crippen molar-refractivity contribution >= 4 is 29.4 Å². The van der Waals surface area contributed by atoms with E-state index in [0.717, 1.165) is 31.2 Å². The summed E-state index contributed by atoms with van der Waals surface area (Å²) < 4.78 is 10.9. The summed E-state index contributed by atoms with van der Waals surface area (Å²) in [6, 6.07) is 4.69. The lowest BCUT2D eigenvalue weighted by Gasteiger charge is -2.35. The lowest BCUT2D eigenvalue weighted by atomic mass is 9.84. The number of likely N-dealkylation sites (tertiary alicyclic amines) is 1. The molecule has 0 radical (unpaired) electrons. The average Bonchev–Trinajstić information content (AvgIpc) is 3.19. The van der Waals surface area contributed by atoms with Crippen LogP contribution in [0.2, 0.25) is 5.02 Å². The summed E-state index contributed by atoms with van der Waals surface area (Å²) in [5, 5.41) is 13.4. The fourth-order valence-electron chi connectivity index (χ4n) is 4.90. The third kappa shape index (κ3) is 6.46. The fourth-order valence-corrected chi connectivity index (χ4v) is 5.02. The molecule has 1 saturated carbocycles. The van der Waals surface area contributed by atoms with Crippen LogP contribution in [-0.2, 0) is 30.5 Å². The molecular weight excluding hydrogens is 448 g/mol. The number of halogens is 1. The molecule has 1 saturated heterocycles. The Balaban J connectivity index is 1.65. The largest absolute Gasteiger partial charge is 0.480 e. The molecule has 1 aliphatic heterocycles. The number of ether oxygens (including phenoxy) is 2. The molecule has 33 heavy (non-hydrogen) atoms. The molecule has 1 heterocycles. The summed E-state index contributed by atoms with van der Waals surface area (Å²) in [7, 11) is 0. The molecule has 182 valence electrons. The van der Waals surface area contributed by atoms with Gasteiger partial charge in [-0.15, -0.1) is 0 Å². The van der Waals surface area contributed by atoms with Crippen LogP contribution >= 0.6 is 11.6 Å². The number of esters is 1. The third-order valence-corrected chi connectivity index (χ3v) is 6.74. The number of carbonyl (C=O) groups excluding carboxylic acids is 2. The summed E-state index contributed by atoms with van der Waals surface area (Å²) in [6.07, 6.45) is 4.31. The average molecular weight is 481 g/mol. The molecule has 1 aromatic rings. The lowest BCUT2D eigenvalue weighted by molar-refractivity contribution is -0.152. The molecule has 3 rings (SSSR count). The first kappa shape index (κ1) is 25.5. The van der Waals surface area contributed by atoms with E-state index in [2.05, 4.69) is 5.32 Å². The molecule has 3 unspecified atom stereocenters. The predicted molar refractivity (Wildman–Crippen MR) is 123 cm³/mol. The van der Waals surface area contributed by atoms with E-state index in [9.17, 15) is 19.5 Å². The normalized spacial score (nSPS) is 24.1. The Morgan fingerprint density at radius 3 is 2.58 bits per heavy atom. The van der Waals surface area contributed by atoms with Crippen molar-refractivity contribution in [2.45, 2.75) is 76.7 Å². The van der Waals surface area contributed by atoms with Gasteiger partial charge in [-0.05, 0) is 56.7 Å². The summed E-state index contributed by atoms with van der Waals surface area (Å²) in [5.41, 5.74) is 0.899. The lowest BCUT2D eigenvalue weighted by Crippen LogP contribution is -2.56. The van der Waals surface area contributed by atoms with Gasteiger partial charge < -0.3 is 19.5 Å². The zero-order chi connectivity index (χ0) is 24.0. The van der Waals surface area contributed by atoms with Gasteiger partial charge in [-0.3, -0.25) is 14.9 Å². The second kappa shape index (κ2) is 11.8. The fraction of sp³-hybridized carbons (Fsp3) is 0.625. The van der Waals surface area contributed by atoms with Gasteiger partial charge in [-0.2, -0.15) is 0 Å². The van der Waals surface area contributed by atoms with Crippen LogP contribution in [0.25, 0.3) is 0 Å². The molecule has 8 nitrogen and oxygen atoms in total. The number of rotatable bonds is 10. The molecule has 1 amide bonds. The standard InChI is InChI=1S/C24H33ClN2O6/c1-3-33-24(31)19(14-32-13-16-8-10-18(25)11-9-16)26-15(2)22(28)27-20-7-5-4-6-17(20)12-21(27)23(29)30/h8-11,15,17,19-21,26H,3-7,12-14H2,1-2H3,(H,29,30)/t15?,17?,19-,20?,21-/m0/s1. The van der Waals surface area contributed by atoms with E-state index in [-0.39, 0.29) is 37.7 Å². The highest BCUT2D eigenvalue weighted by Crippen LogP contribution is 2.40. The third-order valence-electron chi connectivity index (χ3n) is 6.49. The van der Waals surface area contributed by atoms with Crippen molar-refractivity contribution in [2.75, 3.05) is 13.2 Å². The van der Waals surface area contributed by atoms with E-state index >= 15 is 0 Å². The smallest absolute Gasteiger partial charge is 0.326 e. The van der Waals surface area contributed by atoms with Crippen LogP contribution in [0, 0.1) is 5.92 Å². The van der Waals surface area contributed by atoms with Gasteiger partial charge >= 0.3 is 11.9 Å². The minimum Gasteiger partial charge on any atom is -0.480 e. The molecule has 2 fully saturated rings. The quantitative estimate of drug-likeness (QED) is 0.496. The second-order valence-corrected chi connectivity index (χ2v) is 9.22. The first-order valence-corrected chi connectivity index (χ1v) is 12.0. The van der Waals surface area contributed by atoms with Crippen LogP contribution in [0.15, 0.2) is 24.3 Å². The molecule has 0 bridgehead atoms. The molecule has 2 aliphatic rings. The SMILES string of the molecule is CCOC(=O)[C@H](COCc1ccc(Cl)cc1)NC(C)C(=O)N1C2CCCCC2C[C@H]1C(=O)O. The number of fused-ring (bicyclic) bond motifs is 1. The summed E-state index contributed by atoms with van der Waals surface area (Å²) in [6.45, 7) is 3.85. The Labute approximate surface area is 199 Å². The van der Waals surface area contributed by atoms with Gasteiger partial charge in [0.1, 0.15) is 12.1 Å². The van der Waals surface area contributed by atoms with E-state index in [0.29, 0.717) is 11.4 Å². The van der Waals surface area contributed by atoms with Gasteiger partial charge in [-0.25, -0.2) is 4.79 Å². The number of carboxylic acids is 1. The number of hydrogen-bond acceptors (Lipinski definition) is 6. The van der Waals surface area contributed by atoms with Crippen molar-refractivity contribution in [3.8, 4) is 0 Å². The number of hydrogen-bond donors (Lipinski definition) is 2. The number of aliphatic carboxylic acids is 1. The van der Waals surface area contributed by atoms with E-state index < -0.39 is 30.1 Å². The highest BCUT2D eigenvalue weighted by atomic mass is 35.5. The minimum absolute atomic E-state index is 0.00743. The van der Waals surface area contributed by atoms with Crippen LogP contribution in [0.1, 0.15) is 51.5 Å². The van der Waals surface area contributed by atoms with Gasteiger partial charge in [0.15, 0.2) is 0 Å². The maximum absolute atomic E-state index is 13.4. The molecule has 5 atom stereocenters. The van der Waals surface area contributed by atoms with Crippen molar-refractivity contribution in [1.29, 1.82) is 0 Å². The monoisotopic (exact) mass is 480 g/mol. The minimum atomic E-state index is -0.974. The molecule has 0 aromatic heterocycles. The first-order chi connectivity index (χ1) is 15.8. The number of nitrogens with zero attached hydrogens (tertiary/aromatic N) is 1. The molecular formula is C24H33ClN2O6. The number of carboxylic acid groups (broad SMARTS) is 1. The Hall–Kier alpha value is -2.16. The number of carbonyl (C=O) groups is 3.